The summed E-state index contributed by atoms with van der Waals surface area (Å²) in [6.45, 7) is 1.22. The maximum Gasteiger partial charge on any atom is 0.238 e. The van der Waals surface area contributed by atoms with Crippen molar-refractivity contribution in [2.45, 2.75) is 30.3 Å². The van der Waals surface area contributed by atoms with E-state index >= 15 is 0 Å². The first-order chi connectivity index (χ1) is 14.1. The molecule has 2 aromatic rings. The van der Waals surface area contributed by atoms with Gasteiger partial charge in [-0.2, -0.15) is 0 Å². The highest BCUT2D eigenvalue weighted by atomic mass is 32.2. The van der Waals surface area contributed by atoms with Crippen LogP contribution in [0.1, 0.15) is 23.1 Å². The van der Waals surface area contributed by atoms with E-state index in [1.165, 1.54) is 6.07 Å². The topological polar surface area (TPSA) is 123 Å². The van der Waals surface area contributed by atoms with Gasteiger partial charge in [-0.3, -0.25) is 10.1 Å². The van der Waals surface area contributed by atoms with Crippen molar-refractivity contribution in [2.24, 2.45) is 15.9 Å². The van der Waals surface area contributed by atoms with E-state index in [0.717, 1.165) is 11.8 Å². The van der Waals surface area contributed by atoms with Crippen molar-refractivity contribution < 1.29 is 17.2 Å². The molecule has 0 bridgehead atoms. The molecule has 1 unspecified atom stereocenters. The number of benzene rings is 2. The maximum atomic E-state index is 14.6. The molecule has 0 amide bonds. The van der Waals surface area contributed by atoms with Crippen LogP contribution in [0, 0.1) is 6.92 Å². The van der Waals surface area contributed by atoms with Crippen molar-refractivity contribution in [2.75, 3.05) is 12.0 Å². The monoisotopic (exact) mass is 435 g/mol. The highest BCUT2D eigenvalue weighted by Crippen LogP contribution is 2.31. The Bertz CT molecular complexity index is 1100. The van der Waals surface area contributed by atoms with Gasteiger partial charge in [-0.15, -0.1) is 0 Å². The Morgan fingerprint density at radius 1 is 1.20 bits per heavy atom. The lowest BCUT2D eigenvalue weighted by molar-refractivity contribution is 0.411. The molecule has 160 valence electrons. The summed E-state index contributed by atoms with van der Waals surface area (Å²) in [5.41, 5.74) is 6.69. The van der Waals surface area contributed by atoms with Gasteiger partial charge in [0.25, 0.3) is 0 Å². The Labute approximate surface area is 173 Å². The van der Waals surface area contributed by atoms with Gasteiger partial charge in [-0.05, 0) is 43.0 Å². The molecule has 0 aliphatic carbocycles. The molecule has 0 radical (unpaired) electrons. The Morgan fingerprint density at radius 3 is 2.53 bits per heavy atom. The van der Waals surface area contributed by atoms with Gasteiger partial charge in [0.05, 0.1) is 11.6 Å². The third-order valence-corrected chi connectivity index (χ3v) is 5.79. The highest BCUT2D eigenvalue weighted by molar-refractivity contribution is 7.89. The number of anilines is 1. The summed E-state index contributed by atoms with van der Waals surface area (Å²) in [6, 6.07) is 11.4. The van der Waals surface area contributed by atoms with E-state index < -0.39 is 28.2 Å². The summed E-state index contributed by atoms with van der Waals surface area (Å²) in [5.74, 6) is -0.566. The van der Waals surface area contributed by atoms with Crippen molar-refractivity contribution in [1.82, 2.24) is 5.32 Å². The van der Waals surface area contributed by atoms with Crippen LogP contribution < -0.4 is 21.5 Å². The van der Waals surface area contributed by atoms with Crippen LogP contribution in [0.5, 0.6) is 0 Å². The van der Waals surface area contributed by atoms with E-state index in [-0.39, 0.29) is 10.9 Å². The van der Waals surface area contributed by atoms with Crippen LogP contribution in [-0.4, -0.2) is 21.1 Å². The number of guanidine groups is 1. The Kier molecular flexibility index (Phi) is 6.20. The predicted molar refractivity (Wildman–Crippen MR) is 113 cm³/mol. The number of nitrogens with two attached hydrogens (primary N) is 2. The smallest absolute Gasteiger partial charge is 0.238 e. The number of nitrogens with one attached hydrogen (secondary N) is 2. The number of aliphatic imine (C=N–C) groups is 1. The fourth-order valence-electron chi connectivity index (χ4n) is 3.09. The number of primary sulfonamides is 1. The number of sulfonamides is 1. The largest absolute Gasteiger partial charge is 0.330 e. The first kappa shape index (κ1) is 21.9. The fraction of sp³-hybridized carbons (Fsp3) is 0.250. The zero-order valence-corrected chi connectivity index (χ0v) is 17.1. The minimum atomic E-state index is -3.90. The molecule has 1 atom stereocenters. The number of hydrogen-bond acceptors (Lipinski definition) is 6. The first-order valence-electron chi connectivity index (χ1n) is 9.21. The second-order valence-corrected chi connectivity index (χ2v) is 8.53. The molecule has 30 heavy (non-hydrogen) atoms. The Morgan fingerprint density at radius 2 is 1.90 bits per heavy atom. The molecule has 1 aliphatic rings. The van der Waals surface area contributed by atoms with E-state index in [0.29, 0.717) is 29.7 Å². The first-order valence-corrected chi connectivity index (χ1v) is 10.8. The van der Waals surface area contributed by atoms with Gasteiger partial charge in [0.1, 0.15) is 0 Å². The van der Waals surface area contributed by atoms with E-state index in [4.69, 9.17) is 10.9 Å². The van der Waals surface area contributed by atoms with Crippen molar-refractivity contribution in [3.63, 3.8) is 0 Å². The summed E-state index contributed by atoms with van der Waals surface area (Å²) in [7, 11) is -3.90. The molecule has 1 heterocycles. The molecule has 0 saturated heterocycles. The number of nitrogens with zero attached hydrogens (tertiary/aromatic N) is 1. The highest BCUT2D eigenvalue weighted by Gasteiger charge is 2.35. The summed E-state index contributed by atoms with van der Waals surface area (Å²) >= 11 is 0. The number of halogens is 2. The minimum absolute atomic E-state index is 0.0338. The van der Waals surface area contributed by atoms with Crippen molar-refractivity contribution in [1.29, 1.82) is 0 Å². The van der Waals surface area contributed by atoms with Crippen LogP contribution in [-0.2, 0) is 22.1 Å². The van der Waals surface area contributed by atoms with Crippen molar-refractivity contribution in [3.05, 3.63) is 71.2 Å². The van der Waals surface area contributed by atoms with Crippen LogP contribution in [0.2, 0.25) is 0 Å². The molecule has 0 aromatic heterocycles. The maximum absolute atomic E-state index is 14.6. The molecule has 3 rings (SSSR count). The molecule has 6 N–H and O–H groups in total. The van der Waals surface area contributed by atoms with Gasteiger partial charge in [0.2, 0.25) is 16.0 Å². The van der Waals surface area contributed by atoms with Gasteiger partial charge < -0.3 is 10.6 Å². The lowest BCUT2D eigenvalue weighted by Gasteiger charge is -2.29. The van der Waals surface area contributed by atoms with Gasteiger partial charge in [-0.1, -0.05) is 30.3 Å². The molecule has 0 spiro atoms. The van der Waals surface area contributed by atoms with Gasteiger partial charge in [0.15, 0.2) is 11.5 Å². The second kappa shape index (κ2) is 8.50. The van der Waals surface area contributed by atoms with Crippen molar-refractivity contribution in [3.8, 4) is 0 Å². The zero-order chi connectivity index (χ0) is 21.9. The molecule has 10 heteroatoms. The van der Waals surface area contributed by atoms with Crippen LogP contribution in [0.25, 0.3) is 0 Å². The average molecular weight is 436 g/mol. The summed E-state index contributed by atoms with van der Waals surface area (Å²) in [6.07, 6.45) is 2.07. The van der Waals surface area contributed by atoms with E-state index in [9.17, 15) is 17.2 Å². The third kappa shape index (κ3) is 4.66. The lowest BCUT2D eigenvalue weighted by Crippen LogP contribution is -2.44. The summed E-state index contributed by atoms with van der Waals surface area (Å²) in [4.78, 5) is 4.22. The standard InChI is InChI=1S/C20H23F2N5O2S/c1-13-4-9-16(11-17(13)30(24,28)29)26-19-25-12-18(22)20(23,27-19)15-7-5-14(6-8-15)3-2-10-21/h4-9,11-12H,2-3,10,23H2,1H3,(H2,24,28,29)(H2,25,26,27). The number of aryl methyl sites for hydroxylation is 2. The number of alkyl halides is 1. The lowest BCUT2D eigenvalue weighted by atomic mass is 9.97. The Hall–Kier alpha value is -2.82. The summed E-state index contributed by atoms with van der Waals surface area (Å²) < 4.78 is 50.4. The molecule has 7 nitrogen and oxygen atoms in total. The molecule has 2 aromatic carbocycles. The average Bonchev–Trinajstić information content (AvgIpc) is 2.70. The quantitative estimate of drug-likeness (QED) is 0.555. The van der Waals surface area contributed by atoms with Crippen LogP contribution in [0.15, 0.2) is 64.4 Å². The minimum Gasteiger partial charge on any atom is -0.330 e. The number of hydrogen-bond donors (Lipinski definition) is 4. The van der Waals surface area contributed by atoms with Crippen LogP contribution in [0.3, 0.4) is 0 Å². The summed E-state index contributed by atoms with van der Waals surface area (Å²) in [5, 5.41) is 10.8. The number of rotatable bonds is 6. The molecular formula is C20H23F2N5O2S. The van der Waals surface area contributed by atoms with Crippen LogP contribution in [0.4, 0.5) is 14.5 Å². The molecule has 0 saturated carbocycles. The SMILES string of the molecule is Cc1ccc(NC2=NC(N)(c3ccc(CCCF)cc3)C(F)=CN2)cc1S(N)(=O)=O. The molecule has 1 aliphatic heterocycles. The predicted octanol–water partition coefficient (Wildman–Crippen LogP) is 2.54. The van der Waals surface area contributed by atoms with Crippen molar-refractivity contribution >= 4 is 21.7 Å². The zero-order valence-electron chi connectivity index (χ0n) is 16.3. The molecule has 0 fully saturated rings. The van der Waals surface area contributed by atoms with Gasteiger partial charge in [0, 0.05) is 17.5 Å². The molecular weight excluding hydrogens is 412 g/mol. The van der Waals surface area contributed by atoms with Crippen LogP contribution >= 0.6 is 0 Å². The van der Waals surface area contributed by atoms with E-state index in [1.807, 2.05) is 0 Å². The Balaban J connectivity index is 1.88. The third-order valence-electron chi connectivity index (χ3n) is 4.74. The normalized spacial score (nSPS) is 19.0. The van der Waals surface area contributed by atoms with Gasteiger partial charge in [-0.25, -0.2) is 22.9 Å². The fourth-order valence-corrected chi connectivity index (χ4v) is 3.90. The van der Waals surface area contributed by atoms with E-state index in [2.05, 4.69) is 15.6 Å². The second-order valence-electron chi connectivity index (χ2n) is 7.00. The van der Waals surface area contributed by atoms with Gasteiger partial charge >= 0.3 is 0 Å². The van der Waals surface area contributed by atoms with E-state index in [1.54, 1.807) is 43.3 Å².